The number of para-hydroxylation sites is 1. The zero-order valence-corrected chi connectivity index (χ0v) is 9.76. The Morgan fingerprint density at radius 3 is 2.93 bits per heavy atom. The van der Waals surface area contributed by atoms with Gasteiger partial charge in [0.2, 0.25) is 0 Å². The summed E-state index contributed by atoms with van der Waals surface area (Å²) >= 11 is 2.01. The molecule has 1 heterocycles. The van der Waals surface area contributed by atoms with Gasteiger partial charge >= 0.3 is 0 Å². The summed E-state index contributed by atoms with van der Waals surface area (Å²) in [5.74, 6) is 1.24. The molecule has 2 N–H and O–H groups in total. The summed E-state index contributed by atoms with van der Waals surface area (Å²) in [7, 11) is 0. The van der Waals surface area contributed by atoms with E-state index in [1.165, 1.54) is 12.2 Å². The fourth-order valence-corrected chi connectivity index (χ4v) is 3.12. The second-order valence-electron chi connectivity index (χ2n) is 3.93. The molecule has 2 atom stereocenters. The Balaban J connectivity index is 2.09. The van der Waals surface area contributed by atoms with Crippen LogP contribution in [0.15, 0.2) is 24.3 Å². The first-order valence-electron chi connectivity index (χ1n) is 5.38. The Kier molecular flexibility index (Phi) is 3.54. The van der Waals surface area contributed by atoms with Crippen LogP contribution >= 0.6 is 11.8 Å². The second kappa shape index (κ2) is 4.90. The van der Waals surface area contributed by atoms with E-state index in [-0.39, 0.29) is 6.61 Å². The van der Waals surface area contributed by atoms with Gasteiger partial charge in [0.05, 0.1) is 6.61 Å². The highest BCUT2D eigenvalue weighted by molar-refractivity contribution is 8.00. The summed E-state index contributed by atoms with van der Waals surface area (Å²) in [6.07, 6.45) is 1.21. The number of anilines is 1. The van der Waals surface area contributed by atoms with E-state index >= 15 is 0 Å². The summed E-state index contributed by atoms with van der Waals surface area (Å²) in [6, 6.07) is 8.52. The van der Waals surface area contributed by atoms with E-state index < -0.39 is 0 Å². The van der Waals surface area contributed by atoms with Crippen LogP contribution in [-0.2, 0) is 6.61 Å². The van der Waals surface area contributed by atoms with Gasteiger partial charge in [-0.3, -0.25) is 0 Å². The van der Waals surface area contributed by atoms with Crippen molar-refractivity contribution in [2.45, 2.75) is 31.2 Å². The molecule has 0 aromatic heterocycles. The highest BCUT2D eigenvalue weighted by atomic mass is 32.2. The lowest BCUT2D eigenvalue weighted by molar-refractivity contribution is 0.282. The number of aliphatic hydroxyl groups is 1. The van der Waals surface area contributed by atoms with Crippen LogP contribution in [0.4, 0.5) is 5.69 Å². The monoisotopic (exact) mass is 223 g/mol. The quantitative estimate of drug-likeness (QED) is 0.825. The highest BCUT2D eigenvalue weighted by Crippen LogP contribution is 2.29. The SMILES string of the molecule is CC1SCCC1Nc1ccccc1CO. The van der Waals surface area contributed by atoms with E-state index in [1.54, 1.807) is 0 Å². The molecule has 0 bridgehead atoms. The summed E-state index contributed by atoms with van der Waals surface area (Å²) < 4.78 is 0. The number of aliphatic hydroxyl groups excluding tert-OH is 1. The summed E-state index contributed by atoms with van der Waals surface area (Å²) in [6.45, 7) is 2.37. The van der Waals surface area contributed by atoms with Crippen LogP contribution in [-0.4, -0.2) is 22.2 Å². The molecule has 1 fully saturated rings. The maximum atomic E-state index is 9.21. The molecule has 0 radical (unpaired) electrons. The molecule has 1 saturated heterocycles. The maximum Gasteiger partial charge on any atom is 0.0701 e. The van der Waals surface area contributed by atoms with Gasteiger partial charge in [0.1, 0.15) is 0 Å². The number of thioether (sulfide) groups is 1. The zero-order chi connectivity index (χ0) is 10.7. The molecule has 1 aromatic carbocycles. The average molecular weight is 223 g/mol. The van der Waals surface area contributed by atoms with Crippen molar-refractivity contribution in [1.82, 2.24) is 0 Å². The zero-order valence-electron chi connectivity index (χ0n) is 8.94. The van der Waals surface area contributed by atoms with E-state index in [1.807, 2.05) is 36.0 Å². The molecule has 3 heteroatoms. The molecule has 0 saturated carbocycles. The first-order valence-corrected chi connectivity index (χ1v) is 6.43. The summed E-state index contributed by atoms with van der Waals surface area (Å²) in [5.41, 5.74) is 2.07. The third-order valence-electron chi connectivity index (χ3n) is 2.90. The molecule has 15 heavy (non-hydrogen) atoms. The molecule has 2 nitrogen and oxygen atoms in total. The van der Waals surface area contributed by atoms with E-state index in [4.69, 9.17) is 0 Å². The molecule has 0 aliphatic carbocycles. The highest BCUT2D eigenvalue weighted by Gasteiger charge is 2.23. The molecule has 0 amide bonds. The molecule has 2 rings (SSSR count). The molecule has 0 spiro atoms. The van der Waals surface area contributed by atoms with Gasteiger partial charge in [-0.2, -0.15) is 11.8 Å². The average Bonchev–Trinajstić information content (AvgIpc) is 2.65. The standard InChI is InChI=1S/C12H17NOS/c1-9-11(6-7-15-9)13-12-5-3-2-4-10(12)8-14/h2-5,9,11,13-14H,6-8H2,1H3. The van der Waals surface area contributed by atoms with Gasteiger partial charge in [-0.25, -0.2) is 0 Å². The number of nitrogens with one attached hydrogen (secondary N) is 1. The fraction of sp³-hybridized carbons (Fsp3) is 0.500. The van der Waals surface area contributed by atoms with Crippen LogP contribution in [0.3, 0.4) is 0 Å². The minimum atomic E-state index is 0.109. The van der Waals surface area contributed by atoms with Crippen molar-refractivity contribution in [3.05, 3.63) is 29.8 Å². The summed E-state index contributed by atoms with van der Waals surface area (Å²) in [5, 5.41) is 13.4. The van der Waals surface area contributed by atoms with Gasteiger partial charge in [-0.05, 0) is 18.2 Å². The topological polar surface area (TPSA) is 32.3 Å². The Labute approximate surface area is 95.1 Å². The van der Waals surface area contributed by atoms with Crippen LogP contribution in [0.25, 0.3) is 0 Å². The van der Waals surface area contributed by atoms with Gasteiger partial charge in [0, 0.05) is 22.5 Å². The van der Waals surface area contributed by atoms with Gasteiger partial charge < -0.3 is 10.4 Å². The molecule has 1 aliphatic rings. The van der Waals surface area contributed by atoms with Crippen molar-refractivity contribution < 1.29 is 5.11 Å². The Bertz CT molecular complexity index is 329. The van der Waals surface area contributed by atoms with E-state index in [0.717, 1.165) is 11.3 Å². The van der Waals surface area contributed by atoms with Crippen LogP contribution in [0.1, 0.15) is 18.9 Å². The minimum absolute atomic E-state index is 0.109. The van der Waals surface area contributed by atoms with Crippen molar-refractivity contribution in [2.24, 2.45) is 0 Å². The molecule has 1 aromatic rings. The molecular weight excluding hydrogens is 206 g/mol. The first-order chi connectivity index (χ1) is 7.31. The lowest BCUT2D eigenvalue weighted by Gasteiger charge is -2.19. The smallest absolute Gasteiger partial charge is 0.0701 e. The maximum absolute atomic E-state index is 9.21. The minimum Gasteiger partial charge on any atom is -0.392 e. The van der Waals surface area contributed by atoms with Crippen LogP contribution in [0, 0.1) is 0 Å². The van der Waals surface area contributed by atoms with Gasteiger partial charge in [0.25, 0.3) is 0 Å². The predicted octanol–water partition coefficient (Wildman–Crippen LogP) is 2.48. The van der Waals surface area contributed by atoms with Crippen LogP contribution in [0.5, 0.6) is 0 Å². The third-order valence-corrected chi connectivity index (χ3v) is 4.23. The molecule has 82 valence electrons. The lowest BCUT2D eigenvalue weighted by Crippen LogP contribution is -2.25. The van der Waals surface area contributed by atoms with Crippen molar-refractivity contribution in [3.8, 4) is 0 Å². The number of benzene rings is 1. The van der Waals surface area contributed by atoms with Crippen molar-refractivity contribution >= 4 is 17.4 Å². The van der Waals surface area contributed by atoms with Crippen molar-refractivity contribution in [2.75, 3.05) is 11.1 Å². The summed E-state index contributed by atoms with van der Waals surface area (Å²) in [4.78, 5) is 0. The largest absolute Gasteiger partial charge is 0.392 e. The van der Waals surface area contributed by atoms with Gasteiger partial charge in [-0.15, -0.1) is 0 Å². The molecule has 1 aliphatic heterocycles. The Hall–Kier alpha value is -0.670. The molecule has 2 unspecified atom stereocenters. The van der Waals surface area contributed by atoms with E-state index in [9.17, 15) is 5.11 Å². The number of rotatable bonds is 3. The number of hydrogen-bond acceptors (Lipinski definition) is 3. The predicted molar refractivity (Wildman–Crippen MR) is 66.3 cm³/mol. The van der Waals surface area contributed by atoms with E-state index in [2.05, 4.69) is 12.2 Å². The first kappa shape index (κ1) is 10.8. The fourth-order valence-electron chi connectivity index (χ4n) is 1.92. The Morgan fingerprint density at radius 1 is 1.47 bits per heavy atom. The van der Waals surface area contributed by atoms with E-state index in [0.29, 0.717) is 11.3 Å². The van der Waals surface area contributed by atoms with Gasteiger partial charge in [0.15, 0.2) is 0 Å². The van der Waals surface area contributed by atoms with Gasteiger partial charge in [-0.1, -0.05) is 25.1 Å². The lowest BCUT2D eigenvalue weighted by atomic mass is 10.1. The molecular formula is C12H17NOS. The van der Waals surface area contributed by atoms with Crippen molar-refractivity contribution in [1.29, 1.82) is 0 Å². The second-order valence-corrected chi connectivity index (χ2v) is 5.42. The number of hydrogen-bond donors (Lipinski definition) is 2. The normalized spacial score (nSPS) is 25.5. The van der Waals surface area contributed by atoms with Crippen LogP contribution < -0.4 is 5.32 Å². The third kappa shape index (κ3) is 2.47. The Morgan fingerprint density at radius 2 is 2.27 bits per heavy atom. The van der Waals surface area contributed by atoms with Crippen LogP contribution in [0.2, 0.25) is 0 Å². The van der Waals surface area contributed by atoms with Crippen molar-refractivity contribution in [3.63, 3.8) is 0 Å².